The summed E-state index contributed by atoms with van der Waals surface area (Å²) in [5.74, 6) is -4.00. The summed E-state index contributed by atoms with van der Waals surface area (Å²) >= 11 is 0. The Morgan fingerprint density at radius 3 is 2.71 bits per heavy atom. The Morgan fingerprint density at radius 1 is 1.47 bits per heavy atom. The molecular weight excluding hydrogens is 228 g/mol. The zero-order chi connectivity index (χ0) is 12.4. The smallest absolute Gasteiger partial charge is 0.292 e. The molecule has 2 atom stereocenters. The van der Waals surface area contributed by atoms with Gasteiger partial charge in [-0.25, -0.2) is 0 Å². The van der Waals surface area contributed by atoms with Crippen LogP contribution in [0.4, 0.5) is 8.78 Å². The molecule has 1 heterocycles. The van der Waals surface area contributed by atoms with Crippen molar-refractivity contribution in [1.82, 2.24) is 15.1 Å². The highest BCUT2D eigenvalue weighted by Crippen LogP contribution is 2.62. The van der Waals surface area contributed by atoms with E-state index in [0.29, 0.717) is 12.0 Å². The lowest BCUT2D eigenvalue weighted by Gasteiger charge is -2.34. The van der Waals surface area contributed by atoms with Gasteiger partial charge in [0.25, 0.3) is 11.8 Å². The number of aromatic amines is 1. The average molecular weight is 241 g/mol. The van der Waals surface area contributed by atoms with E-state index in [1.807, 2.05) is 0 Å². The molecule has 1 saturated carbocycles. The number of hydrogen-bond acceptors (Lipinski definition) is 2. The molecule has 0 radical (unpaired) electrons. The maximum absolute atomic E-state index is 13.9. The Kier molecular flexibility index (Phi) is 1.92. The van der Waals surface area contributed by atoms with Gasteiger partial charge >= 0.3 is 0 Å². The number of alkyl halides is 2. The van der Waals surface area contributed by atoms with Crippen molar-refractivity contribution >= 4 is 5.91 Å². The predicted octanol–water partition coefficient (Wildman–Crippen LogP) is 1.71. The lowest BCUT2D eigenvalue weighted by Crippen LogP contribution is -2.32. The van der Waals surface area contributed by atoms with E-state index in [1.165, 1.54) is 4.90 Å². The fourth-order valence-electron chi connectivity index (χ4n) is 2.81. The predicted molar refractivity (Wildman–Crippen MR) is 56.0 cm³/mol. The minimum atomic E-state index is -2.85. The van der Waals surface area contributed by atoms with Crippen LogP contribution < -0.4 is 0 Å². The normalized spacial score (nSPS) is 28.2. The molecule has 0 aromatic carbocycles. The number of carbonyl (C=O) groups excluding carboxylic acids is 1. The molecule has 0 bridgehead atoms. The van der Waals surface area contributed by atoms with E-state index in [0.717, 1.165) is 6.42 Å². The summed E-state index contributed by atoms with van der Waals surface area (Å²) in [6.45, 7) is 0. The monoisotopic (exact) mass is 241 g/mol. The fourth-order valence-corrected chi connectivity index (χ4v) is 2.81. The minimum absolute atomic E-state index is 0.143. The second kappa shape index (κ2) is 3.05. The van der Waals surface area contributed by atoms with E-state index in [4.69, 9.17) is 0 Å². The summed E-state index contributed by atoms with van der Waals surface area (Å²) in [4.78, 5) is 13.2. The van der Waals surface area contributed by atoms with Gasteiger partial charge in [0.05, 0.1) is 0 Å². The lowest BCUT2D eigenvalue weighted by atomic mass is 9.73. The number of hydrogen-bond donors (Lipinski definition) is 1. The van der Waals surface area contributed by atoms with Gasteiger partial charge in [0.1, 0.15) is 5.69 Å². The topological polar surface area (TPSA) is 49.0 Å². The molecule has 1 aromatic rings. The number of H-pyrrole nitrogens is 1. The molecular formula is C11H13F2N3O. The van der Waals surface area contributed by atoms with Crippen molar-refractivity contribution in [3.05, 3.63) is 17.0 Å². The fraction of sp³-hybridized carbons (Fsp3) is 0.636. The van der Waals surface area contributed by atoms with Crippen molar-refractivity contribution < 1.29 is 13.6 Å². The molecule has 1 N–H and O–H groups in total. The highest BCUT2D eigenvalue weighted by Gasteiger charge is 2.61. The number of halogens is 2. The van der Waals surface area contributed by atoms with Crippen LogP contribution in [-0.4, -0.2) is 35.1 Å². The first-order valence-corrected chi connectivity index (χ1v) is 5.62. The molecule has 3 rings (SSSR count). The average Bonchev–Trinajstić information content (AvgIpc) is 2.63. The molecule has 6 heteroatoms. The summed E-state index contributed by atoms with van der Waals surface area (Å²) in [7, 11) is 3.18. The van der Waals surface area contributed by atoms with Gasteiger partial charge in [0.15, 0.2) is 5.69 Å². The highest BCUT2D eigenvalue weighted by molar-refractivity contribution is 5.94. The largest absolute Gasteiger partial charge is 0.343 e. The zero-order valence-corrected chi connectivity index (χ0v) is 9.63. The van der Waals surface area contributed by atoms with Gasteiger partial charge in [-0.2, -0.15) is 13.9 Å². The van der Waals surface area contributed by atoms with E-state index in [1.54, 1.807) is 14.1 Å². The summed E-state index contributed by atoms with van der Waals surface area (Å²) in [6, 6.07) is 0. The number of amides is 1. The van der Waals surface area contributed by atoms with Crippen LogP contribution >= 0.6 is 0 Å². The standard InChI is InChI=1S/C11H13F2N3O/c1-16(2)10(17)8-7-5-3-4-6(5)11(12,13)9(7)15-14-8/h5-6H,3-4H2,1-2H3,(H,14,15)/t5-,6+/m0/s1. The van der Waals surface area contributed by atoms with Crippen LogP contribution in [0.2, 0.25) is 0 Å². The Labute approximate surface area is 97.0 Å². The van der Waals surface area contributed by atoms with Crippen LogP contribution in [0.5, 0.6) is 0 Å². The van der Waals surface area contributed by atoms with E-state index in [9.17, 15) is 13.6 Å². The van der Waals surface area contributed by atoms with Gasteiger partial charge in [-0.15, -0.1) is 0 Å². The van der Waals surface area contributed by atoms with Crippen molar-refractivity contribution in [3.63, 3.8) is 0 Å². The van der Waals surface area contributed by atoms with Crippen LogP contribution in [0.15, 0.2) is 0 Å². The SMILES string of the molecule is CN(C)C(=O)c1n[nH]c2c1[C@H]1CC[C@H]1C2(F)F. The third-order valence-electron chi connectivity index (χ3n) is 3.86. The molecule has 17 heavy (non-hydrogen) atoms. The number of nitrogens with zero attached hydrogens (tertiary/aromatic N) is 2. The minimum Gasteiger partial charge on any atom is -0.343 e. The van der Waals surface area contributed by atoms with Gasteiger partial charge in [-0.1, -0.05) is 0 Å². The summed E-state index contributed by atoms with van der Waals surface area (Å²) in [5.41, 5.74) is 0.469. The van der Waals surface area contributed by atoms with Crippen molar-refractivity contribution in [2.75, 3.05) is 14.1 Å². The molecule has 0 unspecified atom stereocenters. The van der Waals surface area contributed by atoms with Gasteiger partial charge in [-0.05, 0) is 18.8 Å². The van der Waals surface area contributed by atoms with Crippen molar-refractivity contribution in [3.8, 4) is 0 Å². The van der Waals surface area contributed by atoms with E-state index >= 15 is 0 Å². The van der Waals surface area contributed by atoms with Crippen LogP contribution in [0.1, 0.15) is 40.5 Å². The molecule has 1 aromatic heterocycles. The van der Waals surface area contributed by atoms with Gasteiger partial charge in [0, 0.05) is 25.6 Å². The van der Waals surface area contributed by atoms with Crippen molar-refractivity contribution in [2.45, 2.75) is 24.7 Å². The molecule has 4 nitrogen and oxygen atoms in total. The van der Waals surface area contributed by atoms with E-state index < -0.39 is 11.8 Å². The maximum atomic E-state index is 13.9. The van der Waals surface area contributed by atoms with E-state index in [2.05, 4.69) is 10.2 Å². The molecule has 92 valence electrons. The zero-order valence-electron chi connectivity index (χ0n) is 9.63. The summed E-state index contributed by atoms with van der Waals surface area (Å²) in [6.07, 6.45) is 1.25. The second-order valence-corrected chi connectivity index (χ2v) is 4.97. The van der Waals surface area contributed by atoms with Gasteiger partial charge < -0.3 is 4.90 Å². The number of rotatable bonds is 1. The Balaban J connectivity index is 2.10. The number of nitrogens with one attached hydrogen (secondary N) is 1. The van der Waals surface area contributed by atoms with E-state index in [-0.39, 0.29) is 23.2 Å². The molecule has 2 aliphatic carbocycles. The first-order chi connectivity index (χ1) is 7.94. The molecule has 0 spiro atoms. The summed E-state index contributed by atoms with van der Waals surface area (Å²) < 4.78 is 27.8. The Morgan fingerprint density at radius 2 is 2.18 bits per heavy atom. The second-order valence-electron chi connectivity index (χ2n) is 4.97. The maximum Gasteiger partial charge on any atom is 0.292 e. The summed E-state index contributed by atoms with van der Waals surface area (Å²) in [5, 5.41) is 6.14. The van der Waals surface area contributed by atoms with Gasteiger partial charge in [0.2, 0.25) is 0 Å². The lowest BCUT2D eigenvalue weighted by molar-refractivity contribution is -0.0906. The third-order valence-corrected chi connectivity index (χ3v) is 3.86. The Bertz CT molecular complexity index is 495. The first kappa shape index (κ1) is 10.7. The molecule has 0 aliphatic heterocycles. The molecule has 0 saturated heterocycles. The van der Waals surface area contributed by atoms with Crippen molar-refractivity contribution in [2.24, 2.45) is 5.92 Å². The number of fused-ring (bicyclic) bond motifs is 3. The van der Waals surface area contributed by atoms with Crippen LogP contribution in [0.3, 0.4) is 0 Å². The van der Waals surface area contributed by atoms with Crippen LogP contribution in [-0.2, 0) is 5.92 Å². The van der Waals surface area contributed by atoms with Gasteiger partial charge in [-0.3, -0.25) is 9.89 Å². The number of carbonyl (C=O) groups is 1. The highest BCUT2D eigenvalue weighted by atomic mass is 19.3. The van der Waals surface area contributed by atoms with Crippen LogP contribution in [0, 0.1) is 5.92 Å². The number of aromatic nitrogens is 2. The Hall–Kier alpha value is -1.46. The molecule has 1 amide bonds. The third kappa shape index (κ3) is 1.15. The van der Waals surface area contributed by atoms with Crippen molar-refractivity contribution in [1.29, 1.82) is 0 Å². The molecule has 1 fully saturated rings. The first-order valence-electron chi connectivity index (χ1n) is 5.62. The molecule has 2 aliphatic rings. The van der Waals surface area contributed by atoms with Crippen LogP contribution in [0.25, 0.3) is 0 Å². The quantitative estimate of drug-likeness (QED) is 0.813.